The maximum absolute atomic E-state index is 15.1. The third-order valence-corrected chi connectivity index (χ3v) is 5.34. The van der Waals surface area contributed by atoms with Crippen molar-refractivity contribution in [2.75, 3.05) is 0 Å². The molecule has 4 aromatic carbocycles. The van der Waals surface area contributed by atoms with E-state index in [0.717, 1.165) is 24.1 Å². The third kappa shape index (κ3) is 3.83. The number of benzene rings is 4. The van der Waals surface area contributed by atoms with E-state index in [9.17, 15) is 26.3 Å². The van der Waals surface area contributed by atoms with E-state index in [4.69, 9.17) is 0 Å². The lowest BCUT2D eigenvalue weighted by molar-refractivity contribution is -0.142. The molecule has 0 unspecified atom stereocenters. The van der Waals surface area contributed by atoms with E-state index in [0.29, 0.717) is 22.9 Å². The van der Waals surface area contributed by atoms with Crippen molar-refractivity contribution in [1.82, 2.24) is 0 Å². The van der Waals surface area contributed by atoms with Gasteiger partial charge >= 0.3 is 6.18 Å². The standard InChI is InChI=1S/C25H15F7/c1-2-13-3-6-18-14(9-13)5-8-19(24(18)29)15-4-7-17(20(26)10-15)16-11-21(27)23(22(28)12-16)25(30,31)32/h3-12H,2H2,1H3. The zero-order chi connectivity index (χ0) is 23.2. The zero-order valence-electron chi connectivity index (χ0n) is 16.6. The maximum atomic E-state index is 15.1. The molecule has 4 aromatic rings. The Morgan fingerprint density at radius 3 is 1.88 bits per heavy atom. The third-order valence-electron chi connectivity index (χ3n) is 5.34. The van der Waals surface area contributed by atoms with E-state index < -0.39 is 40.6 Å². The predicted molar refractivity (Wildman–Crippen MR) is 109 cm³/mol. The molecule has 0 radical (unpaired) electrons. The van der Waals surface area contributed by atoms with Gasteiger partial charge in [0.1, 0.15) is 28.8 Å². The molecule has 0 bridgehead atoms. The van der Waals surface area contributed by atoms with Crippen LogP contribution >= 0.6 is 0 Å². The molecule has 0 aliphatic rings. The molecule has 0 aliphatic heterocycles. The molecular weight excluding hydrogens is 433 g/mol. The maximum Gasteiger partial charge on any atom is 0.422 e. The molecule has 0 heterocycles. The lowest BCUT2D eigenvalue weighted by Gasteiger charge is -2.13. The summed E-state index contributed by atoms with van der Waals surface area (Å²) >= 11 is 0. The molecule has 7 heteroatoms. The normalized spacial score (nSPS) is 11.9. The molecule has 0 amide bonds. The molecule has 0 spiro atoms. The average molecular weight is 448 g/mol. The number of aryl methyl sites for hydroxylation is 1. The van der Waals surface area contributed by atoms with Gasteiger partial charge in [-0.2, -0.15) is 13.2 Å². The van der Waals surface area contributed by atoms with E-state index in [-0.39, 0.29) is 16.7 Å². The van der Waals surface area contributed by atoms with Crippen LogP contribution < -0.4 is 0 Å². The van der Waals surface area contributed by atoms with Gasteiger partial charge in [0.05, 0.1) is 0 Å². The van der Waals surface area contributed by atoms with Gasteiger partial charge in [-0.25, -0.2) is 17.6 Å². The van der Waals surface area contributed by atoms with Gasteiger partial charge in [0.2, 0.25) is 0 Å². The minimum absolute atomic E-state index is 0.122. The van der Waals surface area contributed by atoms with Gasteiger partial charge in [-0.05, 0) is 46.7 Å². The molecule has 0 aliphatic carbocycles. The number of rotatable bonds is 3. The second-order valence-electron chi connectivity index (χ2n) is 7.34. The highest BCUT2D eigenvalue weighted by molar-refractivity contribution is 5.89. The van der Waals surface area contributed by atoms with Gasteiger partial charge in [-0.1, -0.05) is 49.4 Å². The van der Waals surface area contributed by atoms with Crippen molar-refractivity contribution in [1.29, 1.82) is 0 Å². The van der Waals surface area contributed by atoms with Crippen molar-refractivity contribution in [3.05, 3.63) is 95.1 Å². The summed E-state index contributed by atoms with van der Waals surface area (Å²) in [6.45, 7) is 1.98. The number of hydrogen-bond donors (Lipinski definition) is 0. The fourth-order valence-corrected chi connectivity index (χ4v) is 3.70. The molecular formula is C25H15F7. The van der Waals surface area contributed by atoms with Gasteiger partial charge in [0.25, 0.3) is 0 Å². The summed E-state index contributed by atoms with van der Waals surface area (Å²) in [4.78, 5) is 0. The Kier molecular flexibility index (Phi) is 5.44. The molecule has 0 saturated heterocycles. The zero-order valence-corrected chi connectivity index (χ0v) is 16.6. The molecule has 0 nitrogen and oxygen atoms in total. The summed E-state index contributed by atoms with van der Waals surface area (Å²) in [5.74, 6) is -5.20. The monoisotopic (exact) mass is 448 g/mol. The second-order valence-corrected chi connectivity index (χ2v) is 7.34. The Labute approximate surface area is 178 Å². The van der Waals surface area contributed by atoms with Crippen LogP contribution in [0.5, 0.6) is 0 Å². The summed E-state index contributed by atoms with van der Waals surface area (Å²) < 4.78 is 95.9. The smallest absolute Gasteiger partial charge is 0.206 e. The molecule has 32 heavy (non-hydrogen) atoms. The van der Waals surface area contributed by atoms with Gasteiger partial charge in [0, 0.05) is 16.5 Å². The molecule has 0 N–H and O–H groups in total. The lowest BCUT2D eigenvalue weighted by Crippen LogP contribution is -2.11. The first-order valence-corrected chi connectivity index (χ1v) is 9.67. The highest BCUT2D eigenvalue weighted by Gasteiger charge is 2.38. The van der Waals surface area contributed by atoms with Crippen molar-refractivity contribution in [3.63, 3.8) is 0 Å². The first-order valence-electron chi connectivity index (χ1n) is 9.67. The number of hydrogen-bond acceptors (Lipinski definition) is 0. The van der Waals surface area contributed by atoms with Crippen LogP contribution in [0.15, 0.2) is 60.7 Å². The van der Waals surface area contributed by atoms with E-state index in [1.807, 2.05) is 13.0 Å². The van der Waals surface area contributed by atoms with E-state index >= 15 is 4.39 Å². The van der Waals surface area contributed by atoms with Crippen molar-refractivity contribution in [2.45, 2.75) is 19.5 Å². The Hall–Kier alpha value is -3.35. The first kappa shape index (κ1) is 21.9. The van der Waals surface area contributed by atoms with Crippen molar-refractivity contribution >= 4 is 10.8 Å². The van der Waals surface area contributed by atoms with Crippen LogP contribution in [0, 0.1) is 23.3 Å². The Morgan fingerprint density at radius 2 is 1.28 bits per heavy atom. The molecule has 4 rings (SSSR count). The van der Waals surface area contributed by atoms with Gasteiger partial charge in [-0.15, -0.1) is 0 Å². The van der Waals surface area contributed by atoms with Gasteiger partial charge in [0.15, 0.2) is 0 Å². The highest BCUT2D eigenvalue weighted by atomic mass is 19.4. The van der Waals surface area contributed by atoms with Crippen LogP contribution in [0.4, 0.5) is 30.7 Å². The molecule has 0 fully saturated rings. The largest absolute Gasteiger partial charge is 0.422 e. The Bertz CT molecular complexity index is 1310. The summed E-state index contributed by atoms with van der Waals surface area (Å²) in [7, 11) is 0. The van der Waals surface area contributed by atoms with Crippen LogP contribution in [-0.4, -0.2) is 0 Å². The summed E-state index contributed by atoms with van der Waals surface area (Å²) in [6.07, 6.45) is -4.43. The fraction of sp³-hybridized carbons (Fsp3) is 0.120. The number of fused-ring (bicyclic) bond motifs is 1. The van der Waals surface area contributed by atoms with Crippen LogP contribution in [0.2, 0.25) is 0 Å². The van der Waals surface area contributed by atoms with E-state index in [1.165, 1.54) is 12.1 Å². The lowest BCUT2D eigenvalue weighted by atomic mass is 9.96. The van der Waals surface area contributed by atoms with Gasteiger partial charge in [-0.3, -0.25) is 0 Å². The summed E-state index contributed by atoms with van der Waals surface area (Å²) in [6, 6.07) is 12.8. The topological polar surface area (TPSA) is 0 Å². The average Bonchev–Trinajstić information content (AvgIpc) is 2.72. The Balaban J connectivity index is 1.77. The highest BCUT2D eigenvalue weighted by Crippen LogP contribution is 2.37. The number of halogens is 7. The fourth-order valence-electron chi connectivity index (χ4n) is 3.70. The first-order chi connectivity index (χ1) is 15.1. The predicted octanol–water partition coefficient (Wildman–Crippen LogP) is 8.31. The van der Waals surface area contributed by atoms with Crippen LogP contribution in [0.3, 0.4) is 0 Å². The second kappa shape index (κ2) is 7.97. The minimum Gasteiger partial charge on any atom is -0.206 e. The van der Waals surface area contributed by atoms with E-state index in [1.54, 1.807) is 18.2 Å². The van der Waals surface area contributed by atoms with Crippen molar-refractivity contribution < 1.29 is 30.7 Å². The van der Waals surface area contributed by atoms with Crippen molar-refractivity contribution in [3.8, 4) is 22.3 Å². The summed E-state index contributed by atoms with van der Waals surface area (Å²) in [5.41, 5.74) is -1.41. The number of alkyl halides is 3. The van der Waals surface area contributed by atoms with Gasteiger partial charge < -0.3 is 0 Å². The Morgan fingerprint density at radius 1 is 0.656 bits per heavy atom. The minimum atomic E-state index is -5.22. The van der Waals surface area contributed by atoms with Crippen LogP contribution in [0.25, 0.3) is 33.0 Å². The molecule has 0 aromatic heterocycles. The van der Waals surface area contributed by atoms with Crippen LogP contribution in [-0.2, 0) is 12.6 Å². The SMILES string of the molecule is CCc1ccc2c(F)c(-c3ccc(-c4cc(F)c(C(F)(F)F)c(F)c4)c(F)c3)ccc2c1. The molecule has 0 saturated carbocycles. The quantitative estimate of drug-likeness (QED) is 0.277. The van der Waals surface area contributed by atoms with Crippen molar-refractivity contribution in [2.24, 2.45) is 0 Å². The summed E-state index contributed by atoms with van der Waals surface area (Å²) in [5, 5.41) is 1.05. The van der Waals surface area contributed by atoms with Crippen LogP contribution in [0.1, 0.15) is 18.1 Å². The van der Waals surface area contributed by atoms with E-state index in [2.05, 4.69) is 0 Å². The molecule has 164 valence electrons. The molecule has 0 atom stereocenters.